The predicted octanol–water partition coefficient (Wildman–Crippen LogP) is 0.0962. The SMILES string of the molecule is CNCC=Cc1[nH]nc(N)c1C#N. The summed E-state index contributed by atoms with van der Waals surface area (Å²) in [5, 5.41) is 18.0. The van der Waals surface area contributed by atoms with Crippen LogP contribution in [0.25, 0.3) is 6.08 Å². The number of hydrogen-bond acceptors (Lipinski definition) is 4. The maximum atomic E-state index is 8.71. The number of nitrogens with two attached hydrogens (primary N) is 1. The predicted molar refractivity (Wildman–Crippen MR) is 50.7 cm³/mol. The molecule has 0 amide bonds. The maximum absolute atomic E-state index is 8.71. The molecule has 0 aliphatic carbocycles. The zero-order valence-electron chi connectivity index (χ0n) is 7.33. The number of nitriles is 1. The van der Waals surface area contributed by atoms with E-state index >= 15 is 0 Å². The van der Waals surface area contributed by atoms with Crippen LogP contribution < -0.4 is 11.1 Å². The van der Waals surface area contributed by atoms with E-state index in [2.05, 4.69) is 15.5 Å². The quantitative estimate of drug-likeness (QED) is 0.610. The lowest BCUT2D eigenvalue weighted by Gasteiger charge is -1.88. The number of hydrogen-bond donors (Lipinski definition) is 3. The zero-order chi connectivity index (χ0) is 9.68. The van der Waals surface area contributed by atoms with Crippen molar-refractivity contribution in [1.29, 1.82) is 5.26 Å². The number of aromatic amines is 1. The van der Waals surface area contributed by atoms with E-state index in [1.54, 1.807) is 6.08 Å². The summed E-state index contributed by atoms with van der Waals surface area (Å²) in [7, 11) is 1.84. The third kappa shape index (κ3) is 2.07. The van der Waals surface area contributed by atoms with Crippen LogP contribution in [0.1, 0.15) is 11.3 Å². The number of aromatic nitrogens is 2. The van der Waals surface area contributed by atoms with E-state index in [4.69, 9.17) is 11.0 Å². The summed E-state index contributed by atoms with van der Waals surface area (Å²) in [5.74, 6) is 0.242. The third-order valence-corrected chi connectivity index (χ3v) is 1.54. The smallest absolute Gasteiger partial charge is 0.163 e. The molecule has 0 aliphatic rings. The minimum absolute atomic E-state index is 0.242. The van der Waals surface area contributed by atoms with Gasteiger partial charge >= 0.3 is 0 Å². The van der Waals surface area contributed by atoms with Crippen molar-refractivity contribution in [3.8, 4) is 6.07 Å². The number of nitrogens with zero attached hydrogens (tertiary/aromatic N) is 2. The molecule has 0 aromatic carbocycles. The average molecular weight is 177 g/mol. The monoisotopic (exact) mass is 177 g/mol. The van der Waals surface area contributed by atoms with Gasteiger partial charge in [0.2, 0.25) is 0 Å². The molecule has 1 aromatic rings. The van der Waals surface area contributed by atoms with Gasteiger partial charge in [0.05, 0.1) is 5.69 Å². The van der Waals surface area contributed by atoms with Gasteiger partial charge in [-0.2, -0.15) is 10.4 Å². The average Bonchev–Trinajstić information content (AvgIpc) is 2.47. The van der Waals surface area contributed by atoms with Crippen molar-refractivity contribution >= 4 is 11.9 Å². The van der Waals surface area contributed by atoms with Gasteiger partial charge in [-0.3, -0.25) is 5.10 Å². The van der Waals surface area contributed by atoms with E-state index in [1.165, 1.54) is 0 Å². The van der Waals surface area contributed by atoms with Crippen molar-refractivity contribution in [3.63, 3.8) is 0 Å². The fourth-order valence-electron chi connectivity index (χ4n) is 0.903. The summed E-state index contributed by atoms with van der Waals surface area (Å²) in [6.45, 7) is 0.740. The van der Waals surface area contributed by atoms with Gasteiger partial charge in [-0.1, -0.05) is 6.08 Å². The van der Waals surface area contributed by atoms with E-state index < -0.39 is 0 Å². The van der Waals surface area contributed by atoms with E-state index in [0.717, 1.165) is 6.54 Å². The van der Waals surface area contributed by atoms with Gasteiger partial charge in [0.1, 0.15) is 11.6 Å². The fraction of sp³-hybridized carbons (Fsp3) is 0.250. The van der Waals surface area contributed by atoms with Crippen LogP contribution in [0.15, 0.2) is 6.08 Å². The molecule has 4 N–H and O–H groups in total. The molecule has 1 rings (SSSR count). The van der Waals surface area contributed by atoms with Gasteiger partial charge in [-0.05, 0) is 13.1 Å². The first-order valence-electron chi connectivity index (χ1n) is 3.84. The summed E-state index contributed by atoms with van der Waals surface area (Å²) in [5.41, 5.74) is 6.49. The van der Waals surface area contributed by atoms with E-state index in [0.29, 0.717) is 11.3 Å². The molecule has 0 fully saturated rings. The Morgan fingerprint density at radius 3 is 3.15 bits per heavy atom. The number of H-pyrrole nitrogens is 1. The molecule has 5 nitrogen and oxygen atoms in total. The highest BCUT2D eigenvalue weighted by Gasteiger charge is 2.05. The number of likely N-dealkylation sites (N-methyl/N-ethyl adjacent to an activating group) is 1. The first-order valence-corrected chi connectivity index (χ1v) is 3.84. The highest BCUT2D eigenvalue weighted by molar-refractivity contribution is 5.62. The van der Waals surface area contributed by atoms with Gasteiger partial charge in [0, 0.05) is 6.54 Å². The van der Waals surface area contributed by atoms with Crippen molar-refractivity contribution in [2.75, 3.05) is 19.3 Å². The van der Waals surface area contributed by atoms with Gasteiger partial charge in [-0.25, -0.2) is 0 Å². The fourth-order valence-corrected chi connectivity index (χ4v) is 0.903. The van der Waals surface area contributed by atoms with Gasteiger partial charge < -0.3 is 11.1 Å². The van der Waals surface area contributed by atoms with Crippen LogP contribution in [-0.2, 0) is 0 Å². The van der Waals surface area contributed by atoms with Crippen molar-refractivity contribution < 1.29 is 0 Å². The van der Waals surface area contributed by atoms with Crippen molar-refractivity contribution in [1.82, 2.24) is 15.5 Å². The topological polar surface area (TPSA) is 90.5 Å². The van der Waals surface area contributed by atoms with Gasteiger partial charge in [-0.15, -0.1) is 0 Å². The molecular weight excluding hydrogens is 166 g/mol. The zero-order valence-corrected chi connectivity index (χ0v) is 7.33. The number of nitrogen functional groups attached to an aromatic ring is 1. The molecule has 0 saturated heterocycles. The Hall–Kier alpha value is -1.80. The summed E-state index contributed by atoms with van der Waals surface area (Å²) in [6.07, 6.45) is 3.66. The van der Waals surface area contributed by atoms with Crippen LogP contribution in [0.4, 0.5) is 5.82 Å². The Labute approximate surface area is 76.2 Å². The second kappa shape index (κ2) is 4.28. The van der Waals surface area contributed by atoms with Gasteiger partial charge in [0.25, 0.3) is 0 Å². The maximum Gasteiger partial charge on any atom is 0.163 e. The Morgan fingerprint density at radius 1 is 1.77 bits per heavy atom. The molecule has 13 heavy (non-hydrogen) atoms. The molecule has 0 bridgehead atoms. The van der Waals surface area contributed by atoms with Crippen LogP contribution >= 0.6 is 0 Å². The largest absolute Gasteiger partial charge is 0.381 e. The summed E-state index contributed by atoms with van der Waals surface area (Å²) >= 11 is 0. The Kier molecular flexibility index (Phi) is 3.06. The molecule has 5 heteroatoms. The Bertz CT molecular complexity index is 344. The molecule has 0 spiro atoms. The number of nitrogens with one attached hydrogen (secondary N) is 2. The van der Waals surface area contributed by atoms with Crippen LogP contribution in [-0.4, -0.2) is 23.8 Å². The molecule has 0 unspecified atom stereocenters. The summed E-state index contributed by atoms with van der Waals surface area (Å²) in [4.78, 5) is 0. The Morgan fingerprint density at radius 2 is 2.54 bits per heavy atom. The second-order valence-electron chi connectivity index (χ2n) is 2.47. The molecular formula is C8H11N5. The molecule has 0 aliphatic heterocycles. The number of rotatable bonds is 3. The molecule has 1 heterocycles. The van der Waals surface area contributed by atoms with Gasteiger partial charge in [0.15, 0.2) is 5.82 Å². The van der Waals surface area contributed by atoms with Crippen LogP contribution in [0, 0.1) is 11.3 Å². The molecule has 0 radical (unpaired) electrons. The third-order valence-electron chi connectivity index (χ3n) is 1.54. The van der Waals surface area contributed by atoms with E-state index in [-0.39, 0.29) is 5.82 Å². The lowest BCUT2D eigenvalue weighted by Crippen LogP contribution is -2.03. The van der Waals surface area contributed by atoms with E-state index in [9.17, 15) is 0 Å². The Balaban J connectivity index is 2.84. The standard InChI is InChI=1S/C8H11N5/c1-11-4-2-3-7-6(5-9)8(10)13-12-7/h2-3,11H,4H2,1H3,(H3,10,12,13). The molecule has 0 atom stereocenters. The summed E-state index contributed by atoms with van der Waals surface area (Å²) < 4.78 is 0. The highest BCUT2D eigenvalue weighted by Crippen LogP contribution is 2.12. The van der Waals surface area contributed by atoms with Crippen LogP contribution in [0.5, 0.6) is 0 Å². The summed E-state index contributed by atoms with van der Waals surface area (Å²) in [6, 6.07) is 1.98. The minimum atomic E-state index is 0.242. The minimum Gasteiger partial charge on any atom is -0.381 e. The molecule has 0 saturated carbocycles. The highest BCUT2D eigenvalue weighted by atomic mass is 15.2. The first-order chi connectivity index (χ1) is 6.29. The lowest BCUT2D eigenvalue weighted by atomic mass is 10.2. The van der Waals surface area contributed by atoms with Crippen LogP contribution in [0.3, 0.4) is 0 Å². The van der Waals surface area contributed by atoms with Crippen LogP contribution in [0.2, 0.25) is 0 Å². The van der Waals surface area contributed by atoms with Crippen molar-refractivity contribution in [3.05, 3.63) is 17.3 Å². The normalized spacial score (nSPS) is 10.5. The first kappa shape index (κ1) is 9.29. The second-order valence-corrected chi connectivity index (χ2v) is 2.47. The van der Waals surface area contributed by atoms with Crippen molar-refractivity contribution in [2.24, 2.45) is 0 Å². The van der Waals surface area contributed by atoms with Crippen molar-refractivity contribution in [2.45, 2.75) is 0 Å². The lowest BCUT2D eigenvalue weighted by molar-refractivity contribution is 0.922. The number of anilines is 1. The molecule has 1 aromatic heterocycles. The molecule has 68 valence electrons. The van der Waals surface area contributed by atoms with E-state index in [1.807, 2.05) is 19.2 Å².